The molecule has 9 heterocycles. The van der Waals surface area contributed by atoms with Crippen LogP contribution in [-0.2, 0) is 32.8 Å². The van der Waals surface area contributed by atoms with E-state index in [0.717, 1.165) is 165 Å². The van der Waals surface area contributed by atoms with E-state index in [-0.39, 0.29) is 47.9 Å². The lowest BCUT2D eigenvalue weighted by atomic mass is 9.96. The predicted molar refractivity (Wildman–Crippen MR) is 510 cm³/mol. The number of aliphatic hydroxyl groups excluding tert-OH is 2. The molecule has 6 aromatic heterocycles. The van der Waals surface area contributed by atoms with Crippen molar-refractivity contribution in [2.45, 2.75) is 46.7 Å². The number of benzene rings is 12. The largest absolute Gasteiger partial charge is 0.399 e. The van der Waals surface area contributed by atoms with Crippen molar-refractivity contribution >= 4 is 24.3 Å². The van der Waals surface area contributed by atoms with Crippen LogP contribution < -0.4 is 5.73 Å². The number of nitrogens with zero attached hydrogens (tertiary/aromatic N) is 9. The Morgan fingerprint density at radius 2 is 0.577 bits per heavy atom. The van der Waals surface area contributed by atoms with Gasteiger partial charge in [-0.1, -0.05) is 169 Å². The number of fused-ring (bicyclic) bond motifs is 3. The fraction of sp³-hybridized carbons (Fsp3) is 0.0625. The van der Waals surface area contributed by atoms with Gasteiger partial charge in [0.05, 0.1) is 67.0 Å². The van der Waals surface area contributed by atoms with Crippen molar-refractivity contribution < 1.29 is 36.6 Å². The number of hydrogen-bond acceptors (Lipinski definition) is 12. The monoisotopic (exact) mass is 1710 g/mol. The number of aliphatic hydroxyl groups is 2. The summed E-state index contributed by atoms with van der Waals surface area (Å²) in [7, 11) is 0. The molecule has 3 aliphatic heterocycles. The van der Waals surface area contributed by atoms with Gasteiger partial charge < -0.3 is 15.9 Å². The van der Waals surface area contributed by atoms with Crippen LogP contribution in [0.3, 0.4) is 0 Å². The van der Waals surface area contributed by atoms with Crippen LogP contribution in [-0.4, -0.2) is 58.8 Å². The Hall–Kier alpha value is -16.2. The molecule has 18 aromatic rings. The maximum absolute atomic E-state index is 13.7. The van der Waals surface area contributed by atoms with Crippen molar-refractivity contribution in [3.63, 3.8) is 0 Å². The van der Waals surface area contributed by atoms with Gasteiger partial charge in [0.2, 0.25) is 0 Å². The highest BCUT2D eigenvalue weighted by molar-refractivity contribution is 5.93. The smallest absolute Gasteiger partial charge is 0.128 e. The van der Waals surface area contributed by atoms with Crippen molar-refractivity contribution in [3.05, 3.63) is 461 Å². The third kappa shape index (κ3) is 21.2. The van der Waals surface area contributed by atoms with E-state index in [1.54, 1.807) is 104 Å². The van der Waals surface area contributed by atoms with Crippen LogP contribution in [0, 0.1) is 48.8 Å². The molecule has 636 valence electrons. The second kappa shape index (κ2) is 41.3. The number of nitrogens with two attached hydrogens (primary N) is 1. The molecule has 130 heavy (non-hydrogen) atoms. The average Bonchev–Trinajstić information content (AvgIpc) is 1.60. The zero-order valence-corrected chi connectivity index (χ0v) is 70.8. The summed E-state index contributed by atoms with van der Waals surface area (Å²) >= 11 is 0. The van der Waals surface area contributed by atoms with Gasteiger partial charge in [0.15, 0.2) is 0 Å². The zero-order valence-electron chi connectivity index (χ0n) is 70.8. The Balaban J connectivity index is 0.000000114. The number of hydrogen-bond donors (Lipinski definition) is 3. The highest BCUT2D eigenvalue weighted by Crippen LogP contribution is 2.40. The van der Waals surface area contributed by atoms with Crippen LogP contribution >= 0.6 is 0 Å². The van der Waals surface area contributed by atoms with Gasteiger partial charge in [-0.25, -0.2) is 26.3 Å². The van der Waals surface area contributed by atoms with Crippen molar-refractivity contribution in [3.8, 4) is 134 Å². The topological polar surface area (TPSA) is 181 Å². The highest BCUT2D eigenvalue weighted by atomic mass is 19.1. The summed E-state index contributed by atoms with van der Waals surface area (Å²) in [5.41, 5.74) is 39.9. The second-order valence-electron chi connectivity index (χ2n) is 30.8. The van der Waals surface area contributed by atoms with E-state index in [9.17, 15) is 36.6 Å². The molecule has 0 atom stereocenters. The number of nitrogen functional groups attached to an aromatic ring is 1. The van der Waals surface area contributed by atoms with Gasteiger partial charge in [-0.15, -0.1) is 0 Å². The Morgan fingerprint density at radius 1 is 0.262 bits per heavy atom. The number of pyridine rings is 6. The lowest BCUT2D eigenvalue weighted by molar-refractivity contribution is 0.276. The average molecular weight is 1720 g/mol. The van der Waals surface area contributed by atoms with E-state index in [0.29, 0.717) is 11.3 Å². The SMILES string of the molecule is Cc1cc(-c2ncccc2-c2ccc3c(c2)C=NC3)ccc1N.Cc1cccc(-c2ncccc2-c2ccc(F)cc2)c1.Fc1ccc(-c2cccnc2-c2ccc(F)cc2)cc1.Fc1ccc(-c2cccnc2-c2cccc(F)c2)cc1.OCc1cc(-c2ncccc2-c2ccc3c(c2)C=NC3)ccc1F.OCc1cccc(-c2ncccc2-c2ccc3c(c2)C=NC3)c1. The van der Waals surface area contributed by atoms with Crippen LogP contribution in [0.1, 0.15) is 55.6 Å². The Morgan fingerprint density at radius 3 is 0.946 bits per heavy atom. The minimum Gasteiger partial charge on any atom is -0.399 e. The molecule has 0 spiro atoms. The van der Waals surface area contributed by atoms with Gasteiger partial charge in [0, 0.05) is 134 Å². The molecule has 0 radical (unpaired) electrons. The van der Waals surface area contributed by atoms with Crippen LogP contribution in [0.2, 0.25) is 0 Å². The fourth-order valence-electron chi connectivity index (χ4n) is 15.4. The second-order valence-corrected chi connectivity index (χ2v) is 30.8. The minimum absolute atomic E-state index is 0.0331. The van der Waals surface area contributed by atoms with Crippen LogP contribution in [0.25, 0.3) is 134 Å². The molecule has 0 bridgehead atoms. The first-order valence-electron chi connectivity index (χ1n) is 42.0. The van der Waals surface area contributed by atoms with Gasteiger partial charge in [-0.3, -0.25) is 44.9 Å². The summed E-state index contributed by atoms with van der Waals surface area (Å²) in [6.45, 7) is 6.06. The number of rotatable bonds is 14. The molecule has 0 aliphatic carbocycles. The number of halogens is 6. The molecular weight excluding hydrogens is 1630 g/mol. The quantitative estimate of drug-likeness (QED) is 0.0705. The molecule has 21 rings (SSSR count). The zero-order chi connectivity index (χ0) is 89.8. The molecule has 0 amide bonds. The predicted octanol–water partition coefficient (Wildman–Crippen LogP) is 26.3. The number of aryl methyl sites for hydroxylation is 2. The molecule has 0 saturated carbocycles. The van der Waals surface area contributed by atoms with Crippen molar-refractivity contribution in [1.29, 1.82) is 0 Å². The molecule has 18 heteroatoms. The highest BCUT2D eigenvalue weighted by Gasteiger charge is 2.20. The molecule has 4 N–H and O–H groups in total. The molecule has 12 nitrogen and oxygen atoms in total. The van der Waals surface area contributed by atoms with Gasteiger partial charge in [-0.05, 0) is 262 Å². The van der Waals surface area contributed by atoms with E-state index >= 15 is 0 Å². The lowest BCUT2D eigenvalue weighted by Crippen LogP contribution is -1.94. The summed E-state index contributed by atoms with van der Waals surface area (Å²) in [4.78, 5) is 39.8. The van der Waals surface area contributed by atoms with E-state index < -0.39 is 5.82 Å². The van der Waals surface area contributed by atoms with Gasteiger partial charge in [-0.2, -0.15) is 0 Å². The molecule has 0 saturated heterocycles. The van der Waals surface area contributed by atoms with E-state index in [1.807, 2.05) is 141 Å². The third-order valence-corrected chi connectivity index (χ3v) is 22.1. The minimum atomic E-state index is -0.410. The number of aliphatic imine (C=N–C) groups is 3. The maximum atomic E-state index is 13.7. The lowest BCUT2D eigenvalue weighted by Gasteiger charge is -2.11. The van der Waals surface area contributed by atoms with Crippen molar-refractivity contribution in [2.24, 2.45) is 15.0 Å². The molecule has 12 aromatic carbocycles. The maximum Gasteiger partial charge on any atom is 0.128 e. The van der Waals surface area contributed by atoms with E-state index in [4.69, 9.17) is 5.73 Å². The van der Waals surface area contributed by atoms with Crippen LogP contribution in [0.15, 0.2) is 386 Å². The summed E-state index contributed by atoms with van der Waals surface area (Å²) in [5.74, 6) is -1.79. The Bertz CT molecular complexity index is 6980. The molecule has 3 aliphatic rings. The number of anilines is 1. The first-order chi connectivity index (χ1) is 63.5. The molecule has 0 unspecified atom stereocenters. The van der Waals surface area contributed by atoms with Crippen LogP contribution in [0.4, 0.5) is 32.0 Å². The first-order valence-corrected chi connectivity index (χ1v) is 42.0. The summed E-state index contributed by atoms with van der Waals surface area (Å²) in [6.07, 6.45) is 16.2. The standard InChI is InChI=1S/C20H15FN2O.C20H17N3.C20H16N2O.C18H14FN.2C17H11F2N/c21-19-6-5-14(9-17(19)12-24)20-18(2-1-7-23-20)13-3-4-15-10-22-11-16(15)8-13;1-13-9-15(6-7-19(13)21)20-18(3-2-8-23-20)14-4-5-16-11-22-12-17(16)10-14;23-13-14-3-1-4-16(9-14)20-19(5-2-8-22-20)15-6-7-17-11-21-12-18(17)10-15;1-13-4-2-5-15(12-13)18-17(6-3-11-20-18)14-7-9-16(19)10-8-14;18-14-8-6-12(7-9-14)16-5-2-10-20-17(16)13-3-1-4-15(19)11-13;18-14-7-3-12(4-8-14)16-2-1-11-20-17(16)13-5-9-15(19)10-6-13/h1-9,11,24H,10,12H2;2-10,12H,11,21H2,1H3;1-10,12,23H,11,13H2;2-12H,1H3;2*1-11H. The fourth-order valence-corrected chi connectivity index (χ4v) is 15.4. The van der Waals surface area contributed by atoms with Crippen LogP contribution in [0.5, 0.6) is 0 Å². The van der Waals surface area contributed by atoms with Crippen molar-refractivity contribution in [1.82, 2.24) is 29.9 Å². The third-order valence-electron chi connectivity index (χ3n) is 22.1. The summed E-state index contributed by atoms with van der Waals surface area (Å²) in [5, 5.41) is 18.7. The van der Waals surface area contributed by atoms with E-state index in [2.05, 4.69) is 137 Å². The number of aromatic nitrogens is 6. The van der Waals surface area contributed by atoms with Gasteiger partial charge in [0.25, 0.3) is 0 Å². The Labute approximate surface area is 749 Å². The van der Waals surface area contributed by atoms with Crippen molar-refractivity contribution in [2.75, 3.05) is 5.73 Å². The van der Waals surface area contributed by atoms with E-state index in [1.165, 1.54) is 100 Å². The van der Waals surface area contributed by atoms with Gasteiger partial charge >= 0.3 is 0 Å². The molecular formula is C112H84F6N10O2. The normalized spacial score (nSPS) is 11.5. The summed E-state index contributed by atoms with van der Waals surface area (Å²) in [6, 6.07) is 101. The first kappa shape index (κ1) is 87.3. The Kier molecular flexibility index (Phi) is 27.8. The molecule has 0 fully saturated rings. The van der Waals surface area contributed by atoms with Gasteiger partial charge in [0.1, 0.15) is 34.9 Å². The summed E-state index contributed by atoms with van der Waals surface area (Å²) < 4.78 is 79.1.